The third kappa shape index (κ3) is 9.97. The van der Waals surface area contributed by atoms with Crippen LogP contribution < -0.4 is 29.6 Å². The molecule has 2 amide bonds. The first-order chi connectivity index (χ1) is 29.5. The molecule has 0 bridgehead atoms. The number of aryl methyl sites for hydroxylation is 4. The Balaban J connectivity index is 0.000000236. The van der Waals surface area contributed by atoms with E-state index >= 15 is 0 Å². The number of sulfonamides is 2. The first-order valence-electron chi connectivity index (χ1n) is 19.4. The Morgan fingerprint density at radius 3 is 1.78 bits per heavy atom. The minimum Gasteiger partial charge on any atom is -0.488 e. The zero-order valence-corrected chi connectivity index (χ0v) is 36.4. The van der Waals surface area contributed by atoms with E-state index in [9.17, 15) is 31.7 Å². The molecule has 2 aromatic heterocycles. The normalized spacial score (nSPS) is 18.8. The van der Waals surface area contributed by atoms with E-state index in [1.54, 1.807) is 77.3 Å². The van der Waals surface area contributed by atoms with Crippen molar-refractivity contribution in [2.75, 3.05) is 37.1 Å². The summed E-state index contributed by atoms with van der Waals surface area (Å²) >= 11 is 0. The summed E-state index contributed by atoms with van der Waals surface area (Å²) in [5.74, 6) is 4.48. The number of benzene rings is 2. The number of nitrogens with zero attached hydrogens (tertiary/aromatic N) is 4. The summed E-state index contributed by atoms with van der Waals surface area (Å²) in [6.45, 7) is 10.3. The Kier molecular flexibility index (Phi) is 14.6. The van der Waals surface area contributed by atoms with E-state index in [2.05, 4.69) is 50.6 Å². The molecule has 19 heteroatoms. The number of hydrogen-bond acceptors (Lipinski definition) is 11. The van der Waals surface area contributed by atoms with Crippen LogP contribution in [0.3, 0.4) is 0 Å². The van der Waals surface area contributed by atoms with Crippen LogP contribution >= 0.6 is 0 Å². The molecule has 0 radical (unpaired) electrons. The lowest BCUT2D eigenvalue weighted by Gasteiger charge is -2.40. The fraction of sp³-hybridized carbons (Fsp3) is 0.364. The van der Waals surface area contributed by atoms with Crippen molar-refractivity contribution < 1.29 is 40.6 Å². The largest absolute Gasteiger partial charge is 0.488 e. The fourth-order valence-electron chi connectivity index (χ4n) is 7.37. The molecule has 17 nitrogen and oxygen atoms in total. The van der Waals surface area contributed by atoms with Crippen molar-refractivity contribution in [3.63, 3.8) is 0 Å². The maximum absolute atomic E-state index is 13.2. The third-order valence-corrected chi connectivity index (χ3v) is 13.9. The number of fused-ring (bicyclic) bond motifs is 2. The van der Waals surface area contributed by atoms with Gasteiger partial charge < -0.3 is 34.0 Å². The third-order valence-electron chi connectivity index (χ3n) is 10.9. The summed E-state index contributed by atoms with van der Waals surface area (Å²) in [5, 5.41) is 23.9. The van der Waals surface area contributed by atoms with Gasteiger partial charge in [-0.1, -0.05) is 25.6 Å². The summed E-state index contributed by atoms with van der Waals surface area (Å²) in [5.41, 5.74) is 2.97. The van der Waals surface area contributed by atoms with Crippen molar-refractivity contribution in [1.29, 1.82) is 10.5 Å². The van der Waals surface area contributed by atoms with Crippen molar-refractivity contribution in [3.05, 3.63) is 95.1 Å². The standard InChI is InChI=1S/C23H26N4O5S.C20H20N4O4S.CH4/c1-4-23(7-9-31-10-8-23)19-14-32-21-18(33(29,30)26-19)13-27(3)20(21)22(28)25-17-6-5-15(2)16(11-17)12-24;1-4-5-6-16-12-28-19-17(29(26,27)23-16)11-24(3)18(19)20(25)22-15-8-7-13(2)14(9-15)10-21;/h4-6,11,13,19,26H,1,7-10,14H2,2-3H3,(H,25,28);7-9,11,16,23H,6,12H2,1-3H3,(H,22,25);1H4. The van der Waals surface area contributed by atoms with Crippen LogP contribution in [-0.4, -0.2) is 76.3 Å². The molecule has 4 aromatic rings. The number of anilines is 2. The van der Waals surface area contributed by atoms with Crippen LogP contribution in [0.5, 0.6) is 11.5 Å². The van der Waals surface area contributed by atoms with Gasteiger partial charge in [-0.2, -0.15) is 10.5 Å². The zero-order chi connectivity index (χ0) is 45.0. The van der Waals surface area contributed by atoms with E-state index in [4.69, 9.17) is 19.5 Å². The molecule has 7 rings (SSSR count). The molecule has 2 atom stereocenters. The lowest BCUT2D eigenvalue weighted by Crippen LogP contribution is -2.51. The number of nitrogens with one attached hydrogen (secondary N) is 4. The van der Waals surface area contributed by atoms with E-state index in [0.717, 1.165) is 11.1 Å². The summed E-state index contributed by atoms with van der Waals surface area (Å²) in [4.78, 5) is 25.8. The van der Waals surface area contributed by atoms with Gasteiger partial charge in [-0.05, 0) is 69.0 Å². The molecule has 63 heavy (non-hydrogen) atoms. The Morgan fingerprint density at radius 1 is 0.841 bits per heavy atom. The monoisotopic (exact) mass is 898 g/mol. The van der Waals surface area contributed by atoms with Gasteiger partial charge in [0.1, 0.15) is 23.0 Å². The van der Waals surface area contributed by atoms with Gasteiger partial charge in [0.15, 0.2) is 22.9 Å². The topological polar surface area (TPSA) is 236 Å². The van der Waals surface area contributed by atoms with Gasteiger partial charge in [-0.25, -0.2) is 26.3 Å². The number of carbonyl (C=O) groups is 2. The average molecular weight is 899 g/mol. The van der Waals surface area contributed by atoms with Crippen molar-refractivity contribution in [1.82, 2.24) is 18.6 Å². The number of aromatic nitrogens is 2. The molecule has 1 fully saturated rings. The molecule has 3 aliphatic rings. The van der Waals surface area contributed by atoms with Crippen LogP contribution in [0.2, 0.25) is 0 Å². The SMILES string of the molecule is C.C=CC1(C2COc3c(cn(C)c3C(=O)Nc3ccc(C)c(C#N)c3)S(=O)(=O)N2)CCOCC1.CC#CCC1COc2c(cn(C)c2C(=O)Nc2ccc(C)c(C#N)c2)S(=O)(=O)N1. The molecule has 0 spiro atoms. The Labute approximate surface area is 368 Å². The molecule has 0 aliphatic carbocycles. The molecule has 2 aromatic carbocycles. The summed E-state index contributed by atoms with van der Waals surface area (Å²) in [7, 11) is -4.68. The second-order valence-electron chi connectivity index (χ2n) is 15.0. The van der Waals surface area contributed by atoms with Gasteiger partial charge in [0.2, 0.25) is 20.0 Å². The number of carbonyl (C=O) groups excluding carboxylic acids is 2. The van der Waals surface area contributed by atoms with Crippen molar-refractivity contribution in [2.24, 2.45) is 19.5 Å². The summed E-state index contributed by atoms with van der Waals surface area (Å²) in [6.07, 6.45) is 6.03. The quantitative estimate of drug-likeness (QED) is 0.142. The highest BCUT2D eigenvalue weighted by atomic mass is 32.2. The van der Waals surface area contributed by atoms with E-state index in [1.807, 2.05) is 0 Å². The second kappa shape index (κ2) is 19.3. The Bertz CT molecular complexity index is 2820. The van der Waals surface area contributed by atoms with Gasteiger partial charge in [-0.15, -0.1) is 18.4 Å². The van der Waals surface area contributed by atoms with Gasteiger partial charge in [0.25, 0.3) is 11.8 Å². The Morgan fingerprint density at radius 2 is 1.32 bits per heavy atom. The lowest BCUT2D eigenvalue weighted by molar-refractivity contribution is 0.0155. The van der Waals surface area contributed by atoms with Crippen molar-refractivity contribution in [3.8, 4) is 35.5 Å². The smallest absolute Gasteiger partial charge is 0.276 e. The van der Waals surface area contributed by atoms with Crippen LogP contribution in [0.15, 0.2) is 71.2 Å². The fourth-order valence-corrected chi connectivity index (χ4v) is 10.3. The minimum atomic E-state index is -3.96. The summed E-state index contributed by atoms with van der Waals surface area (Å²) < 4.78 is 77.2. The molecule has 332 valence electrons. The highest BCUT2D eigenvalue weighted by Gasteiger charge is 2.44. The average Bonchev–Trinajstić information content (AvgIpc) is 3.70. The molecular weight excluding hydrogens is 849 g/mol. The van der Waals surface area contributed by atoms with Crippen LogP contribution in [0.1, 0.15) is 76.8 Å². The summed E-state index contributed by atoms with van der Waals surface area (Å²) in [6, 6.07) is 13.0. The molecule has 5 heterocycles. The predicted octanol–water partition coefficient (Wildman–Crippen LogP) is 5.03. The Hall–Kier alpha value is -6.40. The molecular formula is C44H50N8O9S2. The minimum absolute atomic E-state index is 0. The number of hydrogen-bond donors (Lipinski definition) is 4. The van der Waals surface area contributed by atoms with E-state index in [1.165, 1.54) is 21.5 Å². The second-order valence-corrected chi connectivity index (χ2v) is 18.4. The number of amides is 2. The van der Waals surface area contributed by atoms with Crippen molar-refractivity contribution >= 4 is 43.2 Å². The van der Waals surface area contributed by atoms with E-state index in [-0.39, 0.29) is 53.3 Å². The van der Waals surface area contributed by atoms with Gasteiger partial charge in [-0.3, -0.25) is 9.59 Å². The molecule has 1 saturated heterocycles. The molecule has 2 unspecified atom stereocenters. The number of nitriles is 2. The van der Waals surface area contributed by atoms with E-state index < -0.39 is 49.4 Å². The van der Waals surface area contributed by atoms with Crippen LogP contribution in [0, 0.1) is 53.8 Å². The number of ether oxygens (including phenoxy) is 3. The first kappa shape index (κ1) is 47.6. The maximum atomic E-state index is 13.2. The van der Waals surface area contributed by atoms with Crippen LogP contribution in [0.4, 0.5) is 11.4 Å². The van der Waals surface area contributed by atoms with Gasteiger partial charge >= 0.3 is 0 Å². The van der Waals surface area contributed by atoms with Crippen LogP contribution in [0.25, 0.3) is 0 Å². The molecule has 4 N–H and O–H groups in total. The highest BCUT2D eigenvalue weighted by molar-refractivity contribution is 7.90. The van der Waals surface area contributed by atoms with Gasteiger partial charge in [0.05, 0.1) is 35.3 Å². The van der Waals surface area contributed by atoms with Gasteiger partial charge in [0, 0.05) is 62.9 Å². The molecule has 0 saturated carbocycles. The van der Waals surface area contributed by atoms with E-state index in [0.29, 0.717) is 55.0 Å². The van der Waals surface area contributed by atoms with Crippen LogP contribution in [-0.2, 0) is 38.9 Å². The lowest BCUT2D eigenvalue weighted by atomic mass is 9.74. The highest BCUT2D eigenvalue weighted by Crippen LogP contribution is 2.40. The first-order valence-corrected chi connectivity index (χ1v) is 22.4. The maximum Gasteiger partial charge on any atom is 0.276 e. The number of rotatable bonds is 7. The predicted molar refractivity (Wildman–Crippen MR) is 235 cm³/mol. The molecule has 3 aliphatic heterocycles. The zero-order valence-electron chi connectivity index (χ0n) is 34.8. The van der Waals surface area contributed by atoms with Crippen molar-refractivity contribution in [2.45, 2.75) is 69.3 Å².